The maximum absolute atomic E-state index is 12.6. The summed E-state index contributed by atoms with van der Waals surface area (Å²) in [5, 5.41) is 3.01. The van der Waals surface area contributed by atoms with E-state index in [0.29, 0.717) is 13.1 Å². The number of hydrogen-bond donors (Lipinski definition) is 1. The number of nitrogens with zero attached hydrogens (tertiary/aromatic N) is 1. The van der Waals surface area contributed by atoms with Gasteiger partial charge in [0, 0.05) is 25.4 Å². The summed E-state index contributed by atoms with van der Waals surface area (Å²) >= 11 is 0. The van der Waals surface area contributed by atoms with Gasteiger partial charge in [0.25, 0.3) is 0 Å². The lowest BCUT2D eigenvalue weighted by molar-refractivity contribution is 0.379. The number of nitrogens with one attached hydrogen (secondary N) is 1. The third-order valence-electron chi connectivity index (χ3n) is 3.62. The molecule has 1 aliphatic rings. The fourth-order valence-electron chi connectivity index (χ4n) is 2.56. The molecular weight excluding hydrogens is 312 g/mol. The van der Waals surface area contributed by atoms with Crippen LogP contribution in [0.3, 0.4) is 0 Å². The van der Waals surface area contributed by atoms with Gasteiger partial charge in [-0.25, -0.2) is 16.8 Å². The second-order valence-electron chi connectivity index (χ2n) is 5.21. The molecule has 1 aromatic rings. The molecule has 1 N–H and O–H groups in total. The van der Waals surface area contributed by atoms with Crippen LogP contribution < -0.4 is 5.32 Å². The molecule has 1 atom stereocenters. The zero-order valence-electron chi connectivity index (χ0n) is 12.1. The fraction of sp³-hybridized carbons (Fsp3) is 0.538. The van der Waals surface area contributed by atoms with Crippen LogP contribution >= 0.6 is 0 Å². The number of sulfone groups is 1. The second-order valence-corrected chi connectivity index (χ2v) is 9.12. The highest BCUT2D eigenvalue weighted by atomic mass is 32.2. The predicted molar refractivity (Wildman–Crippen MR) is 80.4 cm³/mol. The van der Waals surface area contributed by atoms with Gasteiger partial charge in [0.05, 0.1) is 9.79 Å². The van der Waals surface area contributed by atoms with Crippen molar-refractivity contribution in [1.82, 2.24) is 9.62 Å². The Balaban J connectivity index is 2.31. The minimum absolute atomic E-state index is 0.0467. The highest BCUT2D eigenvalue weighted by molar-refractivity contribution is 7.90. The van der Waals surface area contributed by atoms with E-state index in [1.807, 2.05) is 0 Å². The first-order valence-electron chi connectivity index (χ1n) is 6.73. The Morgan fingerprint density at radius 3 is 2.24 bits per heavy atom. The lowest BCUT2D eigenvalue weighted by Crippen LogP contribution is -2.40. The van der Waals surface area contributed by atoms with Crippen molar-refractivity contribution in [3.8, 4) is 0 Å². The third kappa shape index (κ3) is 3.45. The third-order valence-corrected chi connectivity index (χ3v) is 6.72. The maximum Gasteiger partial charge on any atom is 0.243 e. The summed E-state index contributed by atoms with van der Waals surface area (Å²) in [6.45, 7) is 1.11. The van der Waals surface area contributed by atoms with Gasteiger partial charge in [0.2, 0.25) is 10.0 Å². The fourth-order valence-corrected chi connectivity index (χ4v) is 4.88. The van der Waals surface area contributed by atoms with E-state index in [2.05, 4.69) is 5.32 Å². The molecule has 0 radical (unpaired) electrons. The molecule has 1 unspecified atom stereocenters. The van der Waals surface area contributed by atoms with Crippen molar-refractivity contribution in [2.24, 2.45) is 0 Å². The summed E-state index contributed by atoms with van der Waals surface area (Å²) in [5.41, 5.74) is 0. The Morgan fingerprint density at radius 2 is 1.71 bits per heavy atom. The van der Waals surface area contributed by atoms with Gasteiger partial charge in [-0.3, -0.25) is 0 Å². The molecule has 1 fully saturated rings. The Morgan fingerprint density at radius 1 is 1.14 bits per heavy atom. The molecule has 1 aliphatic heterocycles. The Bertz CT molecular complexity index is 696. The number of benzene rings is 1. The average Bonchev–Trinajstić information content (AvgIpc) is 2.87. The van der Waals surface area contributed by atoms with E-state index in [1.165, 1.54) is 28.6 Å². The standard InChI is InChI=1S/C13H20N2O4S2/c1-14-10-11-4-3-9-15(11)21(18,19)13-7-5-12(6-8-13)20(2,16)17/h5-8,11,14H,3-4,9-10H2,1-2H3. The predicted octanol–water partition coefficient (Wildman–Crippen LogP) is 0.463. The Labute approximate surface area is 126 Å². The van der Waals surface area contributed by atoms with Crippen LogP contribution in [0.5, 0.6) is 0 Å². The van der Waals surface area contributed by atoms with Crippen LogP contribution in [-0.4, -0.2) is 53.6 Å². The van der Waals surface area contributed by atoms with Gasteiger partial charge in [0.15, 0.2) is 9.84 Å². The second kappa shape index (κ2) is 6.04. The van der Waals surface area contributed by atoms with Crippen LogP contribution in [0.2, 0.25) is 0 Å². The molecule has 1 saturated heterocycles. The van der Waals surface area contributed by atoms with Crippen molar-refractivity contribution in [3.63, 3.8) is 0 Å². The largest absolute Gasteiger partial charge is 0.318 e. The molecule has 1 aromatic carbocycles. The van der Waals surface area contributed by atoms with Crippen molar-refractivity contribution in [2.75, 3.05) is 26.4 Å². The molecule has 0 spiro atoms. The molecule has 118 valence electrons. The zero-order chi connectivity index (χ0) is 15.7. The molecule has 8 heteroatoms. The van der Waals surface area contributed by atoms with Crippen LogP contribution in [0.15, 0.2) is 34.1 Å². The maximum atomic E-state index is 12.6. The molecule has 21 heavy (non-hydrogen) atoms. The van der Waals surface area contributed by atoms with E-state index in [1.54, 1.807) is 7.05 Å². The highest BCUT2D eigenvalue weighted by Crippen LogP contribution is 2.26. The number of rotatable bonds is 5. The molecule has 0 saturated carbocycles. The molecule has 0 aliphatic carbocycles. The van der Waals surface area contributed by atoms with Gasteiger partial charge in [0.1, 0.15) is 0 Å². The van der Waals surface area contributed by atoms with Crippen molar-refractivity contribution < 1.29 is 16.8 Å². The van der Waals surface area contributed by atoms with Gasteiger partial charge in [-0.1, -0.05) is 0 Å². The number of hydrogen-bond acceptors (Lipinski definition) is 5. The molecule has 0 aromatic heterocycles. The highest BCUT2D eigenvalue weighted by Gasteiger charge is 2.34. The quantitative estimate of drug-likeness (QED) is 0.847. The smallest absolute Gasteiger partial charge is 0.243 e. The number of likely N-dealkylation sites (N-methyl/N-ethyl adjacent to an activating group) is 1. The minimum atomic E-state index is -3.57. The Hall–Kier alpha value is -0.960. The van der Waals surface area contributed by atoms with E-state index in [9.17, 15) is 16.8 Å². The van der Waals surface area contributed by atoms with E-state index in [-0.39, 0.29) is 15.8 Å². The summed E-state index contributed by atoms with van der Waals surface area (Å²) in [6, 6.07) is 5.35. The zero-order valence-corrected chi connectivity index (χ0v) is 13.7. The Kier molecular flexibility index (Phi) is 4.72. The normalized spacial score (nSPS) is 20.8. The van der Waals surface area contributed by atoms with Crippen molar-refractivity contribution in [3.05, 3.63) is 24.3 Å². The van der Waals surface area contributed by atoms with E-state index in [4.69, 9.17) is 0 Å². The van der Waals surface area contributed by atoms with Gasteiger partial charge in [-0.15, -0.1) is 0 Å². The molecule has 0 bridgehead atoms. The summed E-state index contributed by atoms with van der Waals surface area (Å²) < 4.78 is 49.6. The molecular formula is C13H20N2O4S2. The monoisotopic (exact) mass is 332 g/mol. The first kappa shape index (κ1) is 16.4. The molecule has 0 amide bonds. The van der Waals surface area contributed by atoms with Gasteiger partial charge >= 0.3 is 0 Å². The van der Waals surface area contributed by atoms with Gasteiger partial charge in [-0.2, -0.15) is 4.31 Å². The molecule has 2 rings (SSSR count). The van der Waals surface area contributed by atoms with Crippen molar-refractivity contribution >= 4 is 19.9 Å². The lowest BCUT2D eigenvalue weighted by atomic mass is 10.2. The summed E-state index contributed by atoms with van der Waals surface area (Å²) in [7, 11) is -5.10. The van der Waals surface area contributed by atoms with Crippen molar-refractivity contribution in [2.45, 2.75) is 28.7 Å². The lowest BCUT2D eigenvalue weighted by Gasteiger charge is -2.23. The van der Waals surface area contributed by atoms with Crippen LogP contribution in [-0.2, 0) is 19.9 Å². The van der Waals surface area contributed by atoms with E-state index < -0.39 is 19.9 Å². The summed E-state index contributed by atoms with van der Waals surface area (Å²) in [6.07, 6.45) is 2.77. The van der Waals surface area contributed by atoms with Crippen LogP contribution in [0.25, 0.3) is 0 Å². The topological polar surface area (TPSA) is 83.6 Å². The summed E-state index contributed by atoms with van der Waals surface area (Å²) in [4.78, 5) is 0.257. The molecule has 6 nitrogen and oxygen atoms in total. The average molecular weight is 332 g/mol. The van der Waals surface area contributed by atoms with Gasteiger partial charge in [-0.05, 0) is 44.2 Å². The first-order valence-corrected chi connectivity index (χ1v) is 10.1. The minimum Gasteiger partial charge on any atom is -0.318 e. The number of sulfonamides is 1. The van der Waals surface area contributed by atoms with Crippen LogP contribution in [0.1, 0.15) is 12.8 Å². The van der Waals surface area contributed by atoms with E-state index >= 15 is 0 Å². The van der Waals surface area contributed by atoms with Crippen LogP contribution in [0, 0.1) is 0 Å². The van der Waals surface area contributed by atoms with Gasteiger partial charge < -0.3 is 5.32 Å². The first-order chi connectivity index (χ1) is 9.76. The molecule has 1 heterocycles. The van der Waals surface area contributed by atoms with Crippen LogP contribution in [0.4, 0.5) is 0 Å². The SMILES string of the molecule is CNCC1CCCN1S(=O)(=O)c1ccc(S(C)(=O)=O)cc1. The summed E-state index contributed by atoms with van der Waals surface area (Å²) in [5.74, 6) is 0. The van der Waals surface area contributed by atoms with E-state index in [0.717, 1.165) is 19.1 Å². The van der Waals surface area contributed by atoms with Crippen molar-refractivity contribution in [1.29, 1.82) is 0 Å².